The molecule has 0 aliphatic carbocycles. The molecule has 0 aromatic carbocycles. The Bertz CT molecular complexity index is 187. The second-order valence-electron chi connectivity index (χ2n) is 2.90. The second kappa shape index (κ2) is 6.72. The van der Waals surface area contributed by atoms with Crippen LogP contribution in [0.3, 0.4) is 0 Å². The van der Waals surface area contributed by atoms with Crippen LogP contribution in [0.5, 0.6) is 0 Å². The first-order valence-electron chi connectivity index (χ1n) is 4.39. The molecule has 0 unspecified atom stereocenters. The number of halogens is 1. The summed E-state index contributed by atoms with van der Waals surface area (Å²) in [7, 11) is -2.76. The van der Waals surface area contributed by atoms with Crippen molar-refractivity contribution in [2.45, 2.75) is 32.6 Å². The highest BCUT2D eigenvalue weighted by molar-refractivity contribution is 7.91. The molecule has 0 rings (SSSR count). The van der Waals surface area contributed by atoms with Crippen molar-refractivity contribution >= 4 is 21.4 Å². The lowest BCUT2D eigenvalue weighted by atomic mass is 10.3. The lowest BCUT2D eigenvalue weighted by Gasteiger charge is -2.00. The van der Waals surface area contributed by atoms with E-state index in [4.69, 9.17) is 11.6 Å². The molecule has 0 amide bonds. The molecule has 0 aromatic rings. The van der Waals surface area contributed by atoms with Crippen LogP contribution in [0.15, 0.2) is 0 Å². The van der Waals surface area contributed by atoms with Crippen LogP contribution in [0, 0.1) is 0 Å². The molecular weight excluding hydrogens is 196 g/mol. The summed E-state index contributed by atoms with van der Waals surface area (Å²) >= 11 is 5.46. The molecule has 0 N–H and O–H groups in total. The number of sulfone groups is 1. The van der Waals surface area contributed by atoms with E-state index in [1.165, 1.54) is 0 Å². The maximum absolute atomic E-state index is 11.2. The SMILES string of the molecule is CCCS(=O)(=O)CCCCCCl. The lowest BCUT2D eigenvalue weighted by molar-refractivity contribution is 0.589. The number of hydrogen-bond acceptors (Lipinski definition) is 2. The fourth-order valence-electron chi connectivity index (χ4n) is 1.01. The van der Waals surface area contributed by atoms with Crippen molar-refractivity contribution in [2.75, 3.05) is 17.4 Å². The van der Waals surface area contributed by atoms with Gasteiger partial charge in [-0.25, -0.2) is 8.42 Å². The van der Waals surface area contributed by atoms with Gasteiger partial charge in [-0.05, 0) is 19.3 Å². The van der Waals surface area contributed by atoms with Crippen LogP contribution in [-0.2, 0) is 9.84 Å². The molecule has 0 aromatic heterocycles. The molecule has 0 aliphatic heterocycles. The fraction of sp³-hybridized carbons (Fsp3) is 1.00. The smallest absolute Gasteiger partial charge is 0.150 e. The normalized spacial score (nSPS) is 11.8. The van der Waals surface area contributed by atoms with Crippen LogP contribution < -0.4 is 0 Å². The molecule has 12 heavy (non-hydrogen) atoms. The maximum Gasteiger partial charge on any atom is 0.150 e. The van der Waals surface area contributed by atoms with Crippen LogP contribution >= 0.6 is 11.6 Å². The van der Waals surface area contributed by atoms with Gasteiger partial charge in [-0.2, -0.15) is 0 Å². The van der Waals surface area contributed by atoms with E-state index >= 15 is 0 Å². The number of hydrogen-bond donors (Lipinski definition) is 0. The minimum Gasteiger partial charge on any atom is -0.229 e. The maximum atomic E-state index is 11.2. The van der Waals surface area contributed by atoms with Crippen molar-refractivity contribution in [3.63, 3.8) is 0 Å². The Kier molecular flexibility index (Phi) is 6.86. The number of unbranched alkanes of at least 4 members (excludes halogenated alkanes) is 2. The van der Waals surface area contributed by atoms with Crippen LogP contribution in [-0.4, -0.2) is 25.8 Å². The zero-order valence-electron chi connectivity index (χ0n) is 7.55. The minimum absolute atomic E-state index is 0.327. The monoisotopic (exact) mass is 212 g/mol. The van der Waals surface area contributed by atoms with E-state index in [0.717, 1.165) is 25.7 Å². The van der Waals surface area contributed by atoms with Gasteiger partial charge in [0.2, 0.25) is 0 Å². The summed E-state index contributed by atoms with van der Waals surface area (Å²) in [6.07, 6.45) is 3.32. The molecule has 0 radical (unpaired) electrons. The summed E-state index contributed by atoms with van der Waals surface area (Å²) in [5.41, 5.74) is 0. The van der Waals surface area contributed by atoms with E-state index in [9.17, 15) is 8.42 Å². The molecule has 4 heteroatoms. The average Bonchev–Trinajstić information content (AvgIpc) is 1.98. The van der Waals surface area contributed by atoms with Crippen molar-refractivity contribution in [1.29, 1.82) is 0 Å². The van der Waals surface area contributed by atoms with Crippen molar-refractivity contribution < 1.29 is 8.42 Å². The number of rotatable bonds is 7. The third kappa shape index (κ3) is 6.92. The van der Waals surface area contributed by atoms with E-state index in [1.807, 2.05) is 6.92 Å². The van der Waals surface area contributed by atoms with Crippen molar-refractivity contribution in [1.82, 2.24) is 0 Å². The Balaban J connectivity index is 3.48. The van der Waals surface area contributed by atoms with Gasteiger partial charge in [-0.3, -0.25) is 0 Å². The zero-order chi connectivity index (χ0) is 9.45. The van der Waals surface area contributed by atoms with E-state index in [1.54, 1.807) is 0 Å². The molecule has 0 bridgehead atoms. The first-order valence-corrected chi connectivity index (χ1v) is 6.74. The largest absolute Gasteiger partial charge is 0.229 e. The third-order valence-corrected chi connectivity index (χ3v) is 3.81. The summed E-state index contributed by atoms with van der Waals surface area (Å²) in [5.74, 6) is 1.29. The van der Waals surface area contributed by atoms with Crippen LogP contribution in [0.1, 0.15) is 32.6 Å². The first-order chi connectivity index (χ1) is 5.62. The highest BCUT2D eigenvalue weighted by Crippen LogP contribution is 2.02. The molecule has 0 spiro atoms. The Morgan fingerprint density at radius 3 is 2.25 bits per heavy atom. The Morgan fingerprint density at radius 2 is 1.75 bits per heavy atom. The van der Waals surface area contributed by atoms with E-state index < -0.39 is 9.84 Å². The van der Waals surface area contributed by atoms with E-state index in [-0.39, 0.29) is 0 Å². The predicted octanol–water partition coefficient (Wildman–Crippen LogP) is 2.22. The average molecular weight is 213 g/mol. The molecule has 0 aliphatic rings. The molecule has 0 atom stereocenters. The van der Waals surface area contributed by atoms with Crippen molar-refractivity contribution in [2.24, 2.45) is 0 Å². The van der Waals surface area contributed by atoms with Crippen LogP contribution in [0.4, 0.5) is 0 Å². The van der Waals surface area contributed by atoms with E-state index in [0.29, 0.717) is 17.4 Å². The molecule has 0 fully saturated rings. The lowest BCUT2D eigenvalue weighted by Crippen LogP contribution is -2.10. The standard InChI is InChI=1S/C8H17ClO2S/c1-2-7-12(10,11)8-5-3-4-6-9/h2-8H2,1H3. The van der Waals surface area contributed by atoms with Gasteiger partial charge in [0.1, 0.15) is 9.84 Å². The second-order valence-corrected chi connectivity index (χ2v) is 5.58. The quantitative estimate of drug-likeness (QED) is 0.479. The van der Waals surface area contributed by atoms with Gasteiger partial charge in [-0.15, -0.1) is 11.6 Å². The molecule has 0 saturated carbocycles. The van der Waals surface area contributed by atoms with Crippen LogP contribution in [0.2, 0.25) is 0 Å². The van der Waals surface area contributed by atoms with E-state index in [2.05, 4.69) is 0 Å². The van der Waals surface area contributed by atoms with Crippen molar-refractivity contribution in [3.05, 3.63) is 0 Å². The number of alkyl halides is 1. The molecule has 2 nitrogen and oxygen atoms in total. The van der Waals surface area contributed by atoms with Gasteiger partial charge in [0.05, 0.1) is 5.75 Å². The molecular formula is C8H17ClO2S. The van der Waals surface area contributed by atoms with Crippen molar-refractivity contribution in [3.8, 4) is 0 Å². The van der Waals surface area contributed by atoms with Crippen LogP contribution in [0.25, 0.3) is 0 Å². The van der Waals surface area contributed by atoms with Gasteiger partial charge in [-0.1, -0.05) is 13.3 Å². The third-order valence-electron chi connectivity index (χ3n) is 1.60. The summed E-state index contributed by atoms with van der Waals surface area (Å²) in [5, 5.41) is 0. The summed E-state index contributed by atoms with van der Waals surface area (Å²) in [6.45, 7) is 1.89. The Morgan fingerprint density at radius 1 is 1.08 bits per heavy atom. The van der Waals surface area contributed by atoms with Gasteiger partial charge in [0, 0.05) is 11.6 Å². The van der Waals surface area contributed by atoms with Gasteiger partial charge >= 0.3 is 0 Å². The molecule has 0 heterocycles. The summed E-state index contributed by atoms with van der Waals surface area (Å²) in [6, 6.07) is 0. The minimum atomic E-state index is -2.76. The Labute approximate surface area is 80.2 Å². The first kappa shape index (κ1) is 12.2. The highest BCUT2D eigenvalue weighted by atomic mass is 35.5. The fourth-order valence-corrected chi connectivity index (χ4v) is 2.67. The van der Waals surface area contributed by atoms with Gasteiger partial charge in [0.15, 0.2) is 0 Å². The summed E-state index contributed by atoms with van der Waals surface area (Å²) in [4.78, 5) is 0. The highest BCUT2D eigenvalue weighted by Gasteiger charge is 2.07. The van der Waals surface area contributed by atoms with Gasteiger partial charge in [0.25, 0.3) is 0 Å². The molecule has 74 valence electrons. The molecule has 0 saturated heterocycles. The predicted molar refractivity (Wildman–Crippen MR) is 53.5 cm³/mol. The Hall–Kier alpha value is 0.240. The zero-order valence-corrected chi connectivity index (χ0v) is 9.12. The summed E-state index contributed by atoms with van der Waals surface area (Å²) < 4.78 is 22.3. The topological polar surface area (TPSA) is 34.1 Å². The van der Waals surface area contributed by atoms with Gasteiger partial charge < -0.3 is 0 Å².